The minimum Gasteiger partial charge on any atom is -0.101 e. The van der Waals surface area contributed by atoms with Gasteiger partial charge >= 0.3 is 0 Å². The Balaban J connectivity index is 1.44. The molecule has 0 bridgehead atoms. The molecule has 0 aliphatic carbocycles. The SMILES string of the molecule is CC#Cc1ccc(-c2ccc(Cc3ccc(-c4ccc(C#CC)cc4)cc3)cc2)cc1. The summed E-state index contributed by atoms with van der Waals surface area (Å²) in [5, 5.41) is 0. The second kappa shape index (κ2) is 9.67. The highest BCUT2D eigenvalue weighted by Crippen LogP contribution is 2.23. The van der Waals surface area contributed by atoms with E-state index >= 15 is 0 Å². The zero-order chi connectivity index (χ0) is 21.5. The van der Waals surface area contributed by atoms with Crippen molar-refractivity contribution in [1.29, 1.82) is 0 Å². The van der Waals surface area contributed by atoms with Gasteiger partial charge in [0.15, 0.2) is 0 Å². The molecule has 0 aromatic heterocycles. The van der Waals surface area contributed by atoms with Gasteiger partial charge in [0.25, 0.3) is 0 Å². The maximum atomic E-state index is 3.09. The van der Waals surface area contributed by atoms with Crippen molar-refractivity contribution >= 4 is 0 Å². The molecule has 0 saturated carbocycles. The molecule has 0 N–H and O–H groups in total. The van der Waals surface area contributed by atoms with Gasteiger partial charge in [0.2, 0.25) is 0 Å². The largest absolute Gasteiger partial charge is 0.101 e. The van der Waals surface area contributed by atoms with E-state index in [1.165, 1.54) is 33.4 Å². The number of hydrogen-bond donors (Lipinski definition) is 0. The van der Waals surface area contributed by atoms with Crippen LogP contribution >= 0.6 is 0 Å². The Kier molecular flexibility index (Phi) is 6.32. The van der Waals surface area contributed by atoms with E-state index in [1.54, 1.807) is 0 Å². The van der Waals surface area contributed by atoms with E-state index in [-0.39, 0.29) is 0 Å². The molecule has 0 nitrogen and oxygen atoms in total. The predicted molar refractivity (Wildman–Crippen MR) is 132 cm³/mol. The van der Waals surface area contributed by atoms with E-state index in [9.17, 15) is 0 Å². The Morgan fingerprint density at radius 1 is 0.419 bits per heavy atom. The first-order valence-corrected chi connectivity index (χ1v) is 10.5. The van der Waals surface area contributed by atoms with Crippen molar-refractivity contribution in [3.05, 3.63) is 119 Å². The fourth-order valence-corrected chi connectivity index (χ4v) is 3.65. The van der Waals surface area contributed by atoms with Crippen molar-refractivity contribution in [3.8, 4) is 45.9 Å². The Hall–Kier alpha value is -4.00. The van der Waals surface area contributed by atoms with Gasteiger partial charge in [-0.3, -0.25) is 0 Å². The third-order valence-electron chi connectivity index (χ3n) is 5.29. The number of benzene rings is 4. The van der Waals surface area contributed by atoms with E-state index in [0.29, 0.717) is 0 Å². The molecule has 31 heavy (non-hydrogen) atoms. The van der Waals surface area contributed by atoms with Crippen LogP contribution in [-0.4, -0.2) is 0 Å². The Morgan fingerprint density at radius 3 is 1.00 bits per heavy atom. The zero-order valence-corrected chi connectivity index (χ0v) is 17.9. The van der Waals surface area contributed by atoms with Crippen LogP contribution in [0, 0.1) is 23.7 Å². The van der Waals surface area contributed by atoms with Gasteiger partial charge in [-0.05, 0) is 77.9 Å². The summed E-state index contributed by atoms with van der Waals surface area (Å²) in [5.41, 5.74) is 9.62. The van der Waals surface area contributed by atoms with Crippen molar-refractivity contribution in [2.75, 3.05) is 0 Å². The second-order valence-corrected chi connectivity index (χ2v) is 7.48. The molecule has 0 aliphatic rings. The normalized spacial score (nSPS) is 9.87. The lowest BCUT2D eigenvalue weighted by atomic mass is 9.98. The molecule has 0 fully saturated rings. The fourth-order valence-electron chi connectivity index (χ4n) is 3.65. The van der Waals surface area contributed by atoms with Crippen LogP contribution in [0.3, 0.4) is 0 Å². The molecule has 0 aliphatic heterocycles. The second-order valence-electron chi connectivity index (χ2n) is 7.48. The van der Waals surface area contributed by atoms with Gasteiger partial charge in [0.1, 0.15) is 0 Å². The molecule has 0 spiro atoms. The summed E-state index contributed by atoms with van der Waals surface area (Å²) in [4.78, 5) is 0. The molecule has 0 amide bonds. The van der Waals surface area contributed by atoms with Crippen LogP contribution in [0.4, 0.5) is 0 Å². The van der Waals surface area contributed by atoms with Gasteiger partial charge in [-0.1, -0.05) is 84.6 Å². The lowest BCUT2D eigenvalue weighted by Gasteiger charge is -2.07. The minimum absolute atomic E-state index is 0.927. The first kappa shape index (κ1) is 20.3. The molecular weight excluding hydrogens is 372 g/mol. The van der Waals surface area contributed by atoms with Crippen LogP contribution in [0.5, 0.6) is 0 Å². The van der Waals surface area contributed by atoms with E-state index in [0.717, 1.165) is 17.5 Å². The smallest absolute Gasteiger partial charge is 0.0245 e. The average Bonchev–Trinajstić information content (AvgIpc) is 2.82. The monoisotopic (exact) mass is 396 g/mol. The van der Waals surface area contributed by atoms with E-state index in [2.05, 4.69) is 121 Å². The van der Waals surface area contributed by atoms with Crippen molar-refractivity contribution in [2.24, 2.45) is 0 Å². The lowest BCUT2D eigenvalue weighted by Crippen LogP contribution is -1.89. The molecule has 4 aromatic carbocycles. The number of hydrogen-bond acceptors (Lipinski definition) is 0. The fraction of sp³-hybridized carbons (Fsp3) is 0.0968. The predicted octanol–water partition coefficient (Wildman–Crippen LogP) is 7.35. The zero-order valence-electron chi connectivity index (χ0n) is 17.9. The first-order chi connectivity index (χ1) is 15.2. The van der Waals surface area contributed by atoms with Crippen LogP contribution in [0.25, 0.3) is 22.3 Å². The minimum atomic E-state index is 0.927. The Labute approximate surface area is 185 Å². The molecule has 148 valence electrons. The highest BCUT2D eigenvalue weighted by molar-refractivity contribution is 5.66. The molecule has 4 rings (SSSR count). The summed E-state index contributed by atoms with van der Waals surface area (Å²) in [6, 6.07) is 34.5. The van der Waals surface area contributed by atoms with E-state index < -0.39 is 0 Å². The topological polar surface area (TPSA) is 0 Å². The van der Waals surface area contributed by atoms with Crippen molar-refractivity contribution in [3.63, 3.8) is 0 Å². The average molecular weight is 397 g/mol. The van der Waals surface area contributed by atoms with Crippen LogP contribution in [-0.2, 0) is 6.42 Å². The first-order valence-electron chi connectivity index (χ1n) is 10.5. The van der Waals surface area contributed by atoms with Crippen molar-refractivity contribution in [1.82, 2.24) is 0 Å². The molecule has 4 aromatic rings. The Bertz CT molecular complexity index is 1160. The standard InChI is InChI=1S/C31H24/c1-3-5-24-7-15-28(16-8-24)30-19-11-26(12-20-30)23-27-13-21-31(22-14-27)29-17-9-25(6-4-2)10-18-29/h7-22H,23H2,1-2H3. The molecule has 0 radical (unpaired) electrons. The molecule has 0 saturated heterocycles. The highest BCUT2D eigenvalue weighted by Gasteiger charge is 2.02. The summed E-state index contributed by atoms with van der Waals surface area (Å²) in [5.74, 6) is 12.1. The molecule has 0 unspecified atom stereocenters. The van der Waals surface area contributed by atoms with Crippen molar-refractivity contribution in [2.45, 2.75) is 20.3 Å². The molecule has 0 heterocycles. The molecule has 0 atom stereocenters. The summed E-state index contributed by atoms with van der Waals surface area (Å²) in [6.45, 7) is 3.72. The van der Waals surface area contributed by atoms with Gasteiger partial charge in [0.05, 0.1) is 0 Å². The van der Waals surface area contributed by atoms with Crippen LogP contribution < -0.4 is 0 Å². The molecule has 0 heteroatoms. The lowest BCUT2D eigenvalue weighted by molar-refractivity contribution is 1.19. The maximum Gasteiger partial charge on any atom is 0.0245 e. The third kappa shape index (κ3) is 5.14. The van der Waals surface area contributed by atoms with E-state index in [1.807, 2.05) is 13.8 Å². The summed E-state index contributed by atoms with van der Waals surface area (Å²) >= 11 is 0. The highest BCUT2D eigenvalue weighted by atomic mass is 14.1. The summed E-state index contributed by atoms with van der Waals surface area (Å²) < 4.78 is 0. The van der Waals surface area contributed by atoms with Gasteiger partial charge in [-0.15, -0.1) is 11.8 Å². The number of rotatable bonds is 4. The van der Waals surface area contributed by atoms with Crippen LogP contribution in [0.15, 0.2) is 97.1 Å². The third-order valence-corrected chi connectivity index (χ3v) is 5.29. The van der Waals surface area contributed by atoms with Gasteiger partial charge in [-0.25, -0.2) is 0 Å². The molecular formula is C31H24. The van der Waals surface area contributed by atoms with Gasteiger partial charge < -0.3 is 0 Å². The van der Waals surface area contributed by atoms with E-state index in [4.69, 9.17) is 0 Å². The quantitative estimate of drug-likeness (QED) is 0.316. The summed E-state index contributed by atoms with van der Waals surface area (Å²) in [6.07, 6.45) is 0.927. The van der Waals surface area contributed by atoms with Gasteiger partial charge in [0, 0.05) is 11.1 Å². The van der Waals surface area contributed by atoms with Crippen molar-refractivity contribution < 1.29 is 0 Å². The van der Waals surface area contributed by atoms with Gasteiger partial charge in [-0.2, -0.15) is 0 Å². The Morgan fingerprint density at radius 2 is 0.710 bits per heavy atom. The maximum absolute atomic E-state index is 3.09. The van der Waals surface area contributed by atoms with Crippen LogP contribution in [0.2, 0.25) is 0 Å². The van der Waals surface area contributed by atoms with Crippen LogP contribution in [0.1, 0.15) is 36.1 Å². The summed E-state index contributed by atoms with van der Waals surface area (Å²) in [7, 11) is 0.